The van der Waals surface area contributed by atoms with Crippen molar-refractivity contribution in [3.8, 4) is 5.69 Å². The van der Waals surface area contributed by atoms with Gasteiger partial charge in [0.1, 0.15) is 37.1 Å². The molecule has 0 saturated carbocycles. The second kappa shape index (κ2) is 8.60. The molecular weight excluding hydrogens is 439 g/mol. The predicted molar refractivity (Wildman–Crippen MR) is 124 cm³/mol. The maximum atomic E-state index is 14.8. The zero-order chi connectivity index (χ0) is 23.7. The van der Waals surface area contributed by atoms with Crippen LogP contribution in [0.5, 0.6) is 0 Å². The molecule has 0 radical (unpaired) electrons. The Balaban J connectivity index is 1.50. The Morgan fingerprint density at radius 1 is 1.15 bits per heavy atom. The number of imidazole rings is 1. The predicted octanol–water partition coefficient (Wildman–Crippen LogP) is 1.83. The van der Waals surface area contributed by atoms with Crippen molar-refractivity contribution in [3.63, 3.8) is 0 Å². The standard InChI is InChI=1S/C23H23FN8O2/c1-17(23(34,12-29-15-25-13-27-29)20-4-2-3-5-21(20)24)30-10-11-31(22(30)33)18-6-8-19(9-7-18)32-16-26-14-28-32/h2-11,13-15,17,34H,12,16H2,1H3,(H,26,28)/t17-,23-/m1/s1. The van der Waals surface area contributed by atoms with Crippen LogP contribution in [0.1, 0.15) is 18.5 Å². The number of rotatable bonds is 7. The van der Waals surface area contributed by atoms with Crippen molar-refractivity contribution in [1.29, 1.82) is 0 Å². The Bertz CT molecular complexity index is 1350. The number of nitrogens with zero attached hydrogens (tertiary/aromatic N) is 7. The minimum Gasteiger partial charge on any atom is -0.381 e. The first-order chi connectivity index (χ1) is 16.5. The van der Waals surface area contributed by atoms with E-state index in [9.17, 15) is 14.3 Å². The molecule has 5 rings (SSSR count). The number of hydrogen-bond donors (Lipinski definition) is 2. The molecule has 1 aliphatic heterocycles. The molecule has 174 valence electrons. The van der Waals surface area contributed by atoms with Crippen LogP contribution in [-0.4, -0.2) is 42.0 Å². The van der Waals surface area contributed by atoms with Crippen LogP contribution in [0, 0.1) is 5.82 Å². The lowest BCUT2D eigenvalue weighted by molar-refractivity contribution is -0.0341. The third kappa shape index (κ3) is 3.75. The van der Waals surface area contributed by atoms with E-state index in [0.29, 0.717) is 12.4 Å². The molecule has 0 amide bonds. The first-order valence-corrected chi connectivity index (χ1v) is 10.7. The number of aromatic nitrogens is 5. The maximum Gasteiger partial charge on any atom is 0.333 e. The number of aliphatic hydroxyl groups is 1. The molecule has 2 aromatic heterocycles. The molecule has 1 aliphatic rings. The number of benzene rings is 2. The maximum absolute atomic E-state index is 14.8. The summed E-state index contributed by atoms with van der Waals surface area (Å²) < 4.78 is 19.1. The summed E-state index contributed by atoms with van der Waals surface area (Å²) in [4.78, 5) is 21.4. The van der Waals surface area contributed by atoms with Gasteiger partial charge in [-0.1, -0.05) is 18.2 Å². The lowest BCUT2D eigenvalue weighted by atomic mass is 9.86. The van der Waals surface area contributed by atoms with Crippen molar-refractivity contribution in [2.24, 2.45) is 4.99 Å². The van der Waals surface area contributed by atoms with Crippen molar-refractivity contribution in [1.82, 2.24) is 29.3 Å². The summed E-state index contributed by atoms with van der Waals surface area (Å²) in [5, 5.41) is 17.7. The second-order valence-corrected chi connectivity index (χ2v) is 8.06. The van der Waals surface area contributed by atoms with E-state index in [1.54, 1.807) is 37.8 Å². The van der Waals surface area contributed by atoms with E-state index in [0.717, 1.165) is 5.69 Å². The van der Waals surface area contributed by atoms with Gasteiger partial charge in [0.25, 0.3) is 0 Å². The molecule has 0 saturated heterocycles. The fourth-order valence-electron chi connectivity index (χ4n) is 4.15. The van der Waals surface area contributed by atoms with Crippen molar-refractivity contribution < 1.29 is 9.50 Å². The van der Waals surface area contributed by atoms with Gasteiger partial charge in [-0.05, 0) is 37.3 Å². The van der Waals surface area contributed by atoms with Gasteiger partial charge in [0, 0.05) is 18.0 Å². The normalized spacial score (nSPS) is 15.8. The van der Waals surface area contributed by atoms with Crippen molar-refractivity contribution in [2.75, 3.05) is 11.7 Å². The summed E-state index contributed by atoms with van der Waals surface area (Å²) in [6.07, 6.45) is 7.61. The van der Waals surface area contributed by atoms with E-state index in [4.69, 9.17) is 0 Å². The molecule has 2 atom stereocenters. The quantitative estimate of drug-likeness (QED) is 0.434. The minimum absolute atomic E-state index is 0.0716. The van der Waals surface area contributed by atoms with Crippen LogP contribution in [0.15, 0.2) is 83.4 Å². The molecule has 0 unspecified atom stereocenters. The molecule has 0 bridgehead atoms. The van der Waals surface area contributed by atoms with Gasteiger partial charge in [0.15, 0.2) is 0 Å². The highest BCUT2D eigenvalue weighted by Crippen LogP contribution is 2.35. The molecule has 2 aromatic carbocycles. The Kier molecular flexibility index (Phi) is 5.46. The highest BCUT2D eigenvalue weighted by atomic mass is 19.1. The number of anilines is 1. The summed E-state index contributed by atoms with van der Waals surface area (Å²) in [6.45, 7) is 2.09. The van der Waals surface area contributed by atoms with Crippen LogP contribution in [-0.2, 0) is 12.1 Å². The summed E-state index contributed by atoms with van der Waals surface area (Å²) in [7, 11) is 0. The van der Waals surface area contributed by atoms with Crippen molar-refractivity contribution >= 4 is 12.0 Å². The van der Waals surface area contributed by atoms with E-state index in [1.165, 1.54) is 38.6 Å². The number of hydrazine groups is 1. The second-order valence-electron chi connectivity index (χ2n) is 8.06. The first-order valence-electron chi connectivity index (χ1n) is 10.7. The van der Waals surface area contributed by atoms with Gasteiger partial charge < -0.3 is 5.11 Å². The summed E-state index contributed by atoms with van der Waals surface area (Å²) >= 11 is 0. The van der Waals surface area contributed by atoms with Crippen LogP contribution in [0.2, 0.25) is 0 Å². The Morgan fingerprint density at radius 2 is 1.91 bits per heavy atom. The van der Waals surface area contributed by atoms with Gasteiger partial charge in [0.05, 0.1) is 24.0 Å². The van der Waals surface area contributed by atoms with Gasteiger partial charge in [-0.25, -0.2) is 18.9 Å². The lowest BCUT2D eigenvalue weighted by Gasteiger charge is -2.35. The van der Waals surface area contributed by atoms with Crippen molar-refractivity contribution in [2.45, 2.75) is 25.1 Å². The van der Waals surface area contributed by atoms with E-state index in [2.05, 4.69) is 20.5 Å². The van der Waals surface area contributed by atoms with E-state index in [-0.39, 0.29) is 17.8 Å². The van der Waals surface area contributed by atoms with E-state index >= 15 is 0 Å². The zero-order valence-corrected chi connectivity index (χ0v) is 18.4. The average Bonchev–Trinajstić information content (AvgIpc) is 3.62. The molecule has 10 nitrogen and oxygen atoms in total. The average molecular weight is 462 g/mol. The fourth-order valence-corrected chi connectivity index (χ4v) is 4.15. The first kappa shape index (κ1) is 21.6. The fraction of sp³-hybridized carbons (Fsp3) is 0.217. The smallest absolute Gasteiger partial charge is 0.333 e. The lowest BCUT2D eigenvalue weighted by Crippen LogP contribution is -2.43. The Morgan fingerprint density at radius 3 is 2.59 bits per heavy atom. The highest BCUT2D eigenvalue weighted by Gasteiger charge is 2.40. The Labute approximate surface area is 194 Å². The molecule has 11 heteroatoms. The summed E-state index contributed by atoms with van der Waals surface area (Å²) in [6, 6.07) is 12.6. The molecular formula is C23H23FN8O2. The molecule has 0 aliphatic carbocycles. The molecule has 2 N–H and O–H groups in total. The third-order valence-electron chi connectivity index (χ3n) is 6.09. The van der Waals surface area contributed by atoms with Crippen LogP contribution in [0.3, 0.4) is 0 Å². The number of aliphatic imine (C=N–C) groups is 1. The Hall–Kier alpha value is -4.25. The number of nitrogens with one attached hydrogen (secondary N) is 1. The van der Waals surface area contributed by atoms with Crippen LogP contribution < -0.4 is 16.1 Å². The zero-order valence-electron chi connectivity index (χ0n) is 18.4. The summed E-state index contributed by atoms with van der Waals surface area (Å²) in [5.74, 6) is -0.570. The van der Waals surface area contributed by atoms with Gasteiger partial charge in [-0.3, -0.25) is 24.6 Å². The highest BCUT2D eigenvalue weighted by molar-refractivity contribution is 5.64. The minimum atomic E-state index is -1.78. The monoisotopic (exact) mass is 462 g/mol. The van der Waals surface area contributed by atoms with Crippen LogP contribution in [0.25, 0.3) is 5.69 Å². The third-order valence-corrected chi connectivity index (χ3v) is 6.09. The van der Waals surface area contributed by atoms with Crippen molar-refractivity contribution in [3.05, 3.63) is 95.4 Å². The molecule has 3 heterocycles. The van der Waals surface area contributed by atoms with Crippen LogP contribution in [0.4, 0.5) is 10.1 Å². The summed E-state index contributed by atoms with van der Waals surface area (Å²) in [5.41, 5.74) is 2.51. The number of halogens is 1. The molecule has 4 aromatic rings. The SMILES string of the molecule is C[C@@H](n1ccn(-c2ccc(N3CN=CN3)cc2)c1=O)[C@](O)(Cn1cncn1)c1ccccc1F. The van der Waals surface area contributed by atoms with Gasteiger partial charge in [-0.2, -0.15) is 5.10 Å². The molecule has 0 fully saturated rings. The largest absolute Gasteiger partial charge is 0.381 e. The van der Waals surface area contributed by atoms with Crippen LogP contribution >= 0.6 is 0 Å². The van der Waals surface area contributed by atoms with Gasteiger partial charge in [-0.15, -0.1) is 0 Å². The molecule has 34 heavy (non-hydrogen) atoms. The van der Waals surface area contributed by atoms with E-state index < -0.39 is 17.5 Å². The van der Waals surface area contributed by atoms with Gasteiger partial charge in [0.2, 0.25) is 0 Å². The topological polar surface area (TPSA) is 106 Å². The van der Waals surface area contributed by atoms with Gasteiger partial charge >= 0.3 is 5.69 Å². The van der Waals surface area contributed by atoms with E-state index in [1.807, 2.05) is 29.3 Å². The number of hydrogen-bond acceptors (Lipinski definition) is 7. The molecule has 0 spiro atoms.